The first-order valence-corrected chi connectivity index (χ1v) is 10.7. The summed E-state index contributed by atoms with van der Waals surface area (Å²) in [5.74, 6) is 0.516. The Hall–Kier alpha value is -2.70. The lowest BCUT2D eigenvalue weighted by Crippen LogP contribution is -1.83. The third-order valence-electron chi connectivity index (χ3n) is 4.95. The third kappa shape index (κ3) is 2.81. The average molecular weight is 372 g/mol. The van der Waals surface area contributed by atoms with Gasteiger partial charge in [0.25, 0.3) is 0 Å². The summed E-state index contributed by atoms with van der Waals surface area (Å²) in [6.45, 7) is 4.42. The summed E-state index contributed by atoms with van der Waals surface area (Å²) in [6.07, 6.45) is 0.911. The van der Waals surface area contributed by atoms with Crippen molar-refractivity contribution < 1.29 is 8.39 Å². The van der Waals surface area contributed by atoms with E-state index in [1.54, 1.807) is 0 Å². The van der Waals surface area contributed by atoms with E-state index in [0.29, 0.717) is 5.92 Å². The molecule has 2 nitrogen and oxygen atoms in total. The van der Waals surface area contributed by atoms with Gasteiger partial charge in [0.15, 0.2) is 0 Å². The zero-order valence-electron chi connectivity index (χ0n) is 15.5. The molecule has 5 aromatic rings. The highest BCUT2D eigenvalue weighted by atomic mass is 31.1. The molecule has 0 aliphatic rings. The van der Waals surface area contributed by atoms with Gasteiger partial charge in [-0.2, -0.15) is 0 Å². The molecule has 0 amide bonds. The molecule has 0 bridgehead atoms. The Morgan fingerprint density at radius 1 is 0.667 bits per heavy atom. The van der Waals surface area contributed by atoms with Crippen LogP contribution in [0.4, 0.5) is 0 Å². The van der Waals surface area contributed by atoms with E-state index in [0.717, 1.165) is 28.1 Å². The highest BCUT2D eigenvalue weighted by molar-refractivity contribution is 7.36. The maximum Gasteiger partial charge on any atom is 0.216 e. The van der Waals surface area contributed by atoms with Gasteiger partial charge in [-0.25, -0.2) is 0 Å². The molecule has 0 aliphatic carbocycles. The fourth-order valence-corrected chi connectivity index (χ4v) is 5.31. The van der Waals surface area contributed by atoms with Crippen LogP contribution in [0.15, 0.2) is 81.2 Å². The van der Waals surface area contributed by atoms with Crippen LogP contribution in [0.3, 0.4) is 0 Å². The van der Waals surface area contributed by atoms with E-state index in [1.807, 2.05) is 0 Å². The molecule has 0 unspecified atom stereocenters. The van der Waals surface area contributed by atoms with Crippen molar-refractivity contribution in [1.29, 1.82) is 0 Å². The van der Waals surface area contributed by atoms with Crippen LogP contribution < -0.4 is 0 Å². The molecule has 1 aromatic heterocycles. The van der Waals surface area contributed by atoms with Gasteiger partial charge in [0.2, 0.25) is 8.01 Å². The van der Waals surface area contributed by atoms with Gasteiger partial charge < -0.3 is 8.39 Å². The summed E-state index contributed by atoms with van der Waals surface area (Å²) < 4.78 is 12.9. The molecule has 0 radical (unpaired) electrons. The summed E-state index contributed by atoms with van der Waals surface area (Å²) in [5.41, 5.74) is 1.85. The largest absolute Gasteiger partial charge is 0.419 e. The van der Waals surface area contributed by atoms with Crippen LogP contribution in [0.1, 0.15) is 13.8 Å². The topological polar surface area (TPSA) is 26.3 Å². The van der Waals surface area contributed by atoms with Gasteiger partial charge in [-0.15, -0.1) is 0 Å². The average Bonchev–Trinajstić information content (AvgIpc) is 2.83. The van der Waals surface area contributed by atoms with Crippen LogP contribution >= 0.6 is 8.01 Å². The van der Waals surface area contributed by atoms with Gasteiger partial charge in [-0.1, -0.05) is 74.5 Å². The maximum absolute atomic E-state index is 6.45. The molecule has 0 aliphatic heterocycles. The fraction of sp³-hybridized carbons (Fsp3) is 0.167. The van der Waals surface area contributed by atoms with E-state index in [4.69, 9.17) is 8.39 Å². The first kappa shape index (κ1) is 16.5. The summed E-state index contributed by atoms with van der Waals surface area (Å²) in [6, 6.07) is 25.5. The summed E-state index contributed by atoms with van der Waals surface area (Å²) in [7, 11) is -1.02. The standard InChI is InChI=1S/C24H21O2P/c1-16(2)15-27-25-21-13-11-17-7-3-5-9-19(17)23(21)24-20-10-6-4-8-18(20)12-14-22(24)26-27/h3-14,16H,15H2,1-2H3. The van der Waals surface area contributed by atoms with Crippen molar-refractivity contribution in [2.24, 2.45) is 5.92 Å². The van der Waals surface area contributed by atoms with Crippen molar-refractivity contribution in [2.75, 3.05) is 0 Å². The third-order valence-corrected chi connectivity index (χ3v) is 6.78. The van der Waals surface area contributed by atoms with Gasteiger partial charge in [0.1, 0.15) is 11.2 Å². The normalized spacial score (nSPS) is 11.8. The van der Waals surface area contributed by atoms with Gasteiger partial charge in [-0.05, 0) is 39.6 Å². The first-order valence-electron chi connectivity index (χ1n) is 9.38. The molecule has 5 rings (SSSR count). The van der Waals surface area contributed by atoms with Crippen molar-refractivity contribution in [2.45, 2.75) is 20.0 Å². The zero-order valence-corrected chi connectivity index (χ0v) is 16.4. The number of fused-ring (bicyclic) bond motifs is 7. The van der Waals surface area contributed by atoms with Crippen LogP contribution in [-0.4, -0.2) is 0 Å². The van der Waals surface area contributed by atoms with Crippen LogP contribution in [0, 0.1) is 5.92 Å². The molecule has 134 valence electrons. The smallest absolute Gasteiger partial charge is 0.216 e. The summed E-state index contributed by atoms with van der Waals surface area (Å²) in [5, 5.41) is 7.14. The van der Waals surface area contributed by atoms with Crippen LogP contribution in [-0.2, 0) is 6.16 Å². The Kier molecular flexibility index (Phi) is 3.95. The number of hydrogen-bond donors (Lipinski definition) is 0. The van der Waals surface area contributed by atoms with Gasteiger partial charge in [-0.3, -0.25) is 0 Å². The molecule has 27 heavy (non-hydrogen) atoms. The number of benzene rings is 4. The van der Waals surface area contributed by atoms with Crippen molar-refractivity contribution in [3.8, 4) is 0 Å². The maximum atomic E-state index is 6.45. The monoisotopic (exact) mass is 372 g/mol. The predicted molar refractivity (Wildman–Crippen MR) is 116 cm³/mol. The Bertz CT molecular complexity index is 1230. The van der Waals surface area contributed by atoms with Gasteiger partial charge >= 0.3 is 0 Å². The number of rotatable bonds is 2. The van der Waals surface area contributed by atoms with E-state index >= 15 is 0 Å². The Morgan fingerprint density at radius 2 is 1.15 bits per heavy atom. The van der Waals surface area contributed by atoms with Crippen LogP contribution in [0.2, 0.25) is 0 Å². The van der Waals surface area contributed by atoms with E-state index in [9.17, 15) is 0 Å². The summed E-state index contributed by atoms with van der Waals surface area (Å²) in [4.78, 5) is 0. The molecule has 0 fully saturated rings. The minimum absolute atomic E-state index is 0.516. The molecular formula is C24H21O2P. The van der Waals surface area contributed by atoms with Crippen molar-refractivity contribution in [1.82, 2.24) is 0 Å². The van der Waals surface area contributed by atoms with E-state index < -0.39 is 8.01 Å². The lowest BCUT2D eigenvalue weighted by atomic mass is 9.99. The van der Waals surface area contributed by atoms with Crippen LogP contribution in [0.25, 0.3) is 43.5 Å². The fourth-order valence-electron chi connectivity index (χ4n) is 3.78. The SMILES string of the molecule is CC(C)Cp1oc2ccc3ccccc3c2c2c(ccc3ccccc32)o1. The molecule has 4 aromatic carbocycles. The van der Waals surface area contributed by atoms with E-state index in [-0.39, 0.29) is 0 Å². The Balaban J connectivity index is 2.10. The van der Waals surface area contributed by atoms with Gasteiger partial charge in [0.05, 0.1) is 6.16 Å². The minimum Gasteiger partial charge on any atom is -0.419 e. The second-order valence-corrected chi connectivity index (χ2v) is 8.81. The zero-order chi connectivity index (χ0) is 18.4. The lowest BCUT2D eigenvalue weighted by molar-refractivity contribution is 0.598. The second kappa shape index (κ2) is 6.48. The lowest BCUT2D eigenvalue weighted by Gasteiger charge is -2.05. The Morgan fingerprint density at radius 3 is 1.63 bits per heavy atom. The van der Waals surface area contributed by atoms with Crippen molar-refractivity contribution in [3.05, 3.63) is 72.8 Å². The highest BCUT2D eigenvalue weighted by Gasteiger charge is 2.13. The first-order chi connectivity index (χ1) is 13.2. The molecule has 0 saturated carbocycles. The second-order valence-electron chi connectivity index (χ2n) is 7.41. The van der Waals surface area contributed by atoms with Gasteiger partial charge in [0, 0.05) is 10.8 Å². The molecule has 0 saturated heterocycles. The quantitative estimate of drug-likeness (QED) is 0.312. The predicted octanol–water partition coefficient (Wildman–Crippen LogP) is 8.25. The van der Waals surface area contributed by atoms with Crippen molar-refractivity contribution >= 4 is 51.5 Å². The molecular weight excluding hydrogens is 351 g/mol. The minimum atomic E-state index is -1.02. The summed E-state index contributed by atoms with van der Waals surface area (Å²) >= 11 is 0. The van der Waals surface area contributed by atoms with E-state index in [1.165, 1.54) is 21.5 Å². The van der Waals surface area contributed by atoms with Crippen molar-refractivity contribution in [3.63, 3.8) is 0 Å². The molecule has 0 N–H and O–H groups in total. The molecule has 0 atom stereocenters. The Labute approximate surface area is 159 Å². The highest BCUT2D eigenvalue weighted by Crippen LogP contribution is 2.42. The van der Waals surface area contributed by atoms with E-state index in [2.05, 4.69) is 86.6 Å². The molecule has 1 heterocycles. The molecule has 3 heteroatoms. The molecule has 0 spiro atoms. The van der Waals surface area contributed by atoms with Crippen LogP contribution in [0.5, 0.6) is 0 Å². The number of hydrogen-bond acceptors (Lipinski definition) is 2.